The Hall–Kier alpha value is -2.81. The molecule has 2 aromatic rings. The maximum absolute atomic E-state index is 13.0. The summed E-state index contributed by atoms with van der Waals surface area (Å²) in [4.78, 5) is 29.9. The van der Waals surface area contributed by atoms with Crippen LogP contribution in [-0.2, 0) is 4.74 Å². The molecule has 1 unspecified atom stereocenters. The molecule has 25 heavy (non-hydrogen) atoms. The predicted molar refractivity (Wildman–Crippen MR) is 93.3 cm³/mol. The van der Waals surface area contributed by atoms with E-state index in [0.717, 1.165) is 17.3 Å². The summed E-state index contributed by atoms with van der Waals surface area (Å²) in [7, 11) is 0. The van der Waals surface area contributed by atoms with E-state index in [1.54, 1.807) is 45.2 Å². The SMILES string of the molecule is CC(C)(C)OC(=O)N1CCCC1C(=O)c1ccc2[nH]cc(C#N)c2c1. The highest BCUT2D eigenvalue weighted by Crippen LogP contribution is 2.26. The van der Waals surface area contributed by atoms with Gasteiger partial charge in [0.1, 0.15) is 11.7 Å². The molecular weight excluding hydrogens is 318 g/mol. The van der Waals surface area contributed by atoms with E-state index in [4.69, 9.17) is 10.00 Å². The van der Waals surface area contributed by atoms with Crippen molar-refractivity contribution in [2.75, 3.05) is 6.54 Å². The molecule has 0 radical (unpaired) electrons. The van der Waals surface area contributed by atoms with Gasteiger partial charge in [0.15, 0.2) is 5.78 Å². The Balaban J connectivity index is 1.87. The molecule has 1 amide bonds. The second-order valence-electron chi connectivity index (χ2n) is 7.27. The van der Waals surface area contributed by atoms with Crippen LogP contribution >= 0.6 is 0 Å². The molecule has 1 aliphatic heterocycles. The fraction of sp³-hybridized carbons (Fsp3) is 0.421. The van der Waals surface area contributed by atoms with Crippen molar-refractivity contribution in [3.05, 3.63) is 35.5 Å². The fourth-order valence-corrected chi connectivity index (χ4v) is 3.14. The first kappa shape index (κ1) is 17.0. The molecule has 6 nitrogen and oxygen atoms in total. The van der Waals surface area contributed by atoms with Crippen LogP contribution in [0.4, 0.5) is 4.79 Å². The summed E-state index contributed by atoms with van der Waals surface area (Å²) in [5.41, 5.74) is 1.21. The molecule has 1 atom stereocenters. The number of nitriles is 1. The Kier molecular flexibility index (Phi) is 4.25. The first-order valence-electron chi connectivity index (χ1n) is 8.35. The minimum Gasteiger partial charge on any atom is -0.444 e. The molecule has 1 aliphatic rings. The molecule has 3 rings (SSSR count). The van der Waals surface area contributed by atoms with E-state index in [1.807, 2.05) is 0 Å². The van der Waals surface area contributed by atoms with Gasteiger partial charge in [-0.1, -0.05) is 0 Å². The van der Waals surface area contributed by atoms with Crippen molar-refractivity contribution in [2.24, 2.45) is 0 Å². The van der Waals surface area contributed by atoms with Crippen LogP contribution in [0.1, 0.15) is 49.5 Å². The third kappa shape index (κ3) is 3.36. The fourth-order valence-electron chi connectivity index (χ4n) is 3.14. The molecule has 1 saturated heterocycles. The molecule has 6 heteroatoms. The summed E-state index contributed by atoms with van der Waals surface area (Å²) in [5.74, 6) is -0.115. The molecule has 1 aromatic carbocycles. The molecule has 130 valence electrons. The monoisotopic (exact) mass is 339 g/mol. The lowest BCUT2D eigenvalue weighted by Gasteiger charge is -2.28. The van der Waals surface area contributed by atoms with Gasteiger partial charge in [-0.3, -0.25) is 9.69 Å². The number of aromatic nitrogens is 1. The lowest BCUT2D eigenvalue weighted by molar-refractivity contribution is 0.0222. The van der Waals surface area contributed by atoms with Crippen molar-refractivity contribution in [3.63, 3.8) is 0 Å². The first-order chi connectivity index (χ1) is 11.8. The Bertz CT molecular complexity index is 870. The van der Waals surface area contributed by atoms with Crippen molar-refractivity contribution in [1.29, 1.82) is 5.26 Å². The number of carbonyl (C=O) groups is 2. The zero-order valence-corrected chi connectivity index (χ0v) is 14.6. The van der Waals surface area contributed by atoms with Crippen LogP contribution in [0.5, 0.6) is 0 Å². The number of Topliss-reactive ketones (excluding diaryl/α,β-unsaturated/α-hetero) is 1. The van der Waals surface area contributed by atoms with Gasteiger partial charge >= 0.3 is 6.09 Å². The number of rotatable bonds is 2. The second-order valence-corrected chi connectivity index (χ2v) is 7.27. The highest BCUT2D eigenvalue weighted by atomic mass is 16.6. The zero-order chi connectivity index (χ0) is 18.2. The van der Waals surface area contributed by atoms with Gasteiger partial charge in [-0.05, 0) is 51.8 Å². The van der Waals surface area contributed by atoms with Crippen LogP contribution in [0.25, 0.3) is 10.9 Å². The number of fused-ring (bicyclic) bond motifs is 1. The summed E-state index contributed by atoms with van der Waals surface area (Å²) in [6.07, 6.45) is 2.56. The number of hydrogen-bond acceptors (Lipinski definition) is 4. The van der Waals surface area contributed by atoms with Crippen molar-refractivity contribution in [3.8, 4) is 6.07 Å². The first-order valence-corrected chi connectivity index (χ1v) is 8.35. The van der Waals surface area contributed by atoms with E-state index in [9.17, 15) is 9.59 Å². The number of carbonyl (C=O) groups excluding carboxylic acids is 2. The standard InChI is InChI=1S/C19H21N3O3/c1-19(2,3)25-18(24)22-8-4-5-16(22)17(23)12-6-7-15-14(9-12)13(10-20)11-21-15/h6-7,9,11,16,21H,4-5,8H2,1-3H3. The minimum atomic E-state index is -0.598. The number of ketones is 1. The summed E-state index contributed by atoms with van der Waals surface area (Å²) >= 11 is 0. The van der Waals surface area contributed by atoms with Crippen molar-refractivity contribution >= 4 is 22.8 Å². The number of likely N-dealkylation sites (tertiary alicyclic amines) is 1. The largest absolute Gasteiger partial charge is 0.444 e. The quantitative estimate of drug-likeness (QED) is 0.847. The van der Waals surface area contributed by atoms with Gasteiger partial charge in [0.05, 0.1) is 11.6 Å². The molecule has 0 aliphatic carbocycles. The molecule has 1 N–H and O–H groups in total. The van der Waals surface area contributed by atoms with Gasteiger partial charge in [-0.25, -0.2) is 4.79 Å². The molecule has 0 spiro atoms. The topological polar surface area (TPSA) is 86.2 Å². The van der Waals surface area contributed by atoms with Gasteiger partial charge in [-0.2, -0.15) is 5.26 Å². The highest BCUT2D eigenvalue weighted by molar-refractivity contribution is 6.04. The van der Waals surface area contributed by atoms with E-state index >= 15 is 0 Å². The van der Waals surface area contributed by atoms with Gasteiger partial charge in [-0.15, -0.1) is 0 Å². The number of H-pyrrole nitrogens is 1. The zero-order valence-electron chi connectivity index (χ0n) is 14.6. The Morgan fingerprint density at radius 1 is 1.36 bits per heavy atom. The van der Waals surface area contributed by atoms with Crippen molar-refractivity contribution in [2.45, 2.75) is 45.3 Å². The average molecular weight is 339 g/mol. The third-order valence-electron chi connectivity index (χ3n) is 4.27. The van der Waals surface area contributed by atoms with Crippen LogP contribution in [0, 0.1) is 11.3 Å². The number of nitrogens with zero attached hydrogens (tertiary/aromatic N) is 2. The molecule has 1 aromatic heterocycles. The van der Waals surface area contributed by atoms with Gasteiger partial charge < -0.3 is 9.72 Å². The van der Waals surface area contributed by atoms with E-state index in [1.165, 1.54) is 4.90 Å². The van der Waals surface area contributed by atoms with Crippen LogP contribution in [0.3, 0.4) is 0 Å². The Morgan fingerprint density at radius 2 is 2.12 bits per heavy atom. The molecule has 0 saturated carbocycles. The smallest absolute Gasteiger partial charge is 0.410 e. The number of hydrogen-bond donors (Lipinski definition) is 1. The van der Waals surface area contributed by atoms with Crippen molar-refractivity contribution in [1.82, 2.24) is 9.88 Å². The maximum Gasteiger partial charge on any atom is 0.410 e. The van der Waals surface area contributed by atoms with Gasteiger partial charge in [0, 0.05) is 29.2 Å². The number of ether oxygens (including phenoxy) is 1. The van der Waals surface area contributed by atoms with Crippen molar-refractivity contribution < 1.29 is 14.3 Å². The summed E-state index contributed by atoms with van der Waals surface area (Å²) in [6.45, 7) is 5.93. The summed E-state index contributed by atoms with van der Waals surface area (Å²) < 4.78 is 5.42. The molecular formula is C19H21N3O3. The van der Waals surface area contributed by atoms with Crippen LogP contribution < -0.4 is 0 Å². The minimum absolute atomic E-state index is 0.115. The predicted octanol–water partition coefficient (Wildman–Crippen LogP) is 3.62. The lowest BCUT2D eigenvalue weighted by atomic mass is 10.00. The molecule has 2 heterocycles. The van der Waals surface area contributed by atoms with Gasteiger partial charge in [0.2, 0.25) is 0 Å². The normalized spacial score (nSPS) is 17.5. The number of benzene rings is 1. The number of nitrogens with one attached hydrogen (secondary N) is 1. The molecule has 0 bridgehead atoms. The Labute approximate surface area is 146 Å². The highest BCUT2D eigenvalue weighted by Gasteiger charge is 2.37. The second kappa shape index (κ2) is 6.25. The Morgan fingerprint density at radius 3 is 2.80 bits per heavy atom. The van der Waals surface area contributed by atoms with Crippen LogP contribution in [0.15, 0.2) is 24.4 Å². The molecule has 1 fully saturated rings. The summed E-state index contributed by atoms with van der Waals surface area (Å²) in [6, 6.07) is 6.83. The lowest BCUT2D eigenvalue weighted by Crippen LogP contribution is -2.43. The number of amides is 1. The van der Waals surface area contributed by atoms with Crippen LogP contribution in [0.2, 0.25) is 0 Å². The van der Waals surface area contributed by atoms with E-state index < -0.39 is 17.7 Å². The van der Waals surface area contributed by atoms with E-state index in [2.05, 4.69) is 11.1 Å². The van der Waals surface area contributed by atoms with Crippen LogP contribution in [-0.4, -0.2) is 39.9 Å². The number of aromatic amines is 1. The van der Waals surface area contributed by atoms with Gasteiger partial charge in [0.25, 0.3) is 0 Å². The third-order valence-corrected chi connectivity index (χ3v) is 4.27. The summed E-state index contributed by atoms with van der Waals surface area (Å²) in [5, 5.41) is 9.88. The van der Waals surface area contributed by atoms with E-state index in [0.29, 0.717) is 24.1 Å². The van der Waals surface area contributed by atoms with E-state index in [-0.39, 0.29) is 5.78 Å². The maximum atomic E-state index is 13.0. The average Bonchev–Trinajstić information content (AvgIpc) is 3.18.